The molecular weight excluding hydrogens is 319 g/mol. The maximum absolute atomic E-state index is 13.2. The molecule has 1 aromatic carbocycles. The summed E-state index contributed by atoms with van der Waals surface area (Å²) in [6.07, 6.45) is 0.842. The van der Waals surface area contributed by atoms with Gasteiger partial charge in [-0.15, -0.1) is 10.2 Å². The summed E-state index contributed by atoms with van der Waals surface area (Å²) in [6.45, 7) is 0. The Hall–Kier alpha value is -1.76. The molecule has 0 radical (unpaired) electrons. The fourth-order valence-corrected chi connectivity index (χ4v) is 1.93. The quantitative estimate of drug-likeness (QED) is 0.912. The number of nitrogens with zero attached hydrogens (tertiary/aromatic N) is 2. The number of hydrogen-bond acceptors (Lipinski definition) is 4. The van der Waals surface area contributed by atoms with Crippen molar-refractivity contribution in [3.63, 3.8) is 0 Å². The smallest absolute Gasteiger partial charge is 0.303 e. The first-order chi connectivity index (χ1) is 9.06. The zero-order valence-corrected chi connectivity index (χ0v) is 11.4. The highest BCUT2D eigenvalue weighted by atomic mass is 79.9. The van der Waals surface area contributed by atoms with Crippen LogP contribution in [0.25, 0.3) is 11.5 Å². The molecule has 0 atom stereocenters. The molecule has 0 saturated carbocycles. The lowest BCUT2D eigenvalue weighted by Gasteiger charge is -1.98. The molecule has 0 bridgehead atoms. The molecule has 0 fully saturated rings. The van der Waals surface area contributed by atoms with Gasteiger partial charge in [-0.2, -0.15) is 0 Å². The van der Waals surface area contributed by atoms with Gasteiger partial charge in [-0.1, -0.05) is 0 Å². The van der Waals surface area contributed by atoms with Gasteiger partial charge in [0.25, 0.3) is 0 Å². The van der Waals surface area contributed by atoms with E-state index in [1.807, 2.05) is 0 Å². The van der Waals surface area contributed by atoms with Crippen molar-refractivity contribution in [3.8, 4) is 11.5 Å². The van der Waals surface area contributed by atoms with Crippen LogP contribution in [-0.4, -0.2) is 21.3 Å². The van der Waals surface area contributed by atoms with Crippen LogP contribution in [-0.2, 0) is 11.2 Å². The number of aryl methyl sites for hydroxylation is 1. The number of carboxylic acids is 1. The molecule has 0 aliphatic carbocycles. The van der Waals surface area contributed by atoms with Crippen molar-refractivity contribution in [2.24, 2.45) is 0 Å². The second-order valence-electron chi connectivity index (χ2n) is 3.87. The monoisotopic (exact) mass is 328 g/mol. The standard InChI is InChI=1S/C12H10BrFN2O3/c13-9-5-4-7(14)6-8(9)12-16-15-10(19-12)2-1-3-11(17)18/h4-6H,1-3H2,(H,17,18). The third-order valence-corrected chi connectivity index (χ3v) is 3.10. The largest absolute Gasteiger partial charge is 0.481 e. The van der Waals surface area contributed by atoms with Gasteiger partial charge in [0.05, 0.1) is 5.56 Å². The van der Waals surface area contributed by atoms with E-state index in [-0.39, 0.29) is 12.3 Å². The minimum Gasteiger partial charge on any atom is -0.481 e. The summed E-state index contributed by atoms with van der Waals surface area (Å²) >= 11 is 3.28. The Kier molecular flexibility index (Phi) is 4.26. The third-order valence-electron chi connectivity index (χ3n) is 2.41. The highest BCUT2D eigenvalue weighted by Gasteiger charge is 2.12. The minimum atomic E-state index is -0.868. The molecule has 0 aliphatic heterocycles. The van der Waals surface area contributed by atoms with Crippen molar-refractivity contribution >= 4 is 21.9 Å². The molecule has 0 aliphatic rings. The predicted octanol–water partition coefficient (Wildman–Crippen LogP) is 3.05. The van der Waals surface area contributed by atoms with Gasteiger partial charge < -0.3 is 9.52 Å². The molecule has 7 heteroatoms. The molecule has 0 unspecified atom stereocenters. The van der Waals surface area contributed by atoms with Crippen LogP contribution >= 0.6 is 15.9 Å². The van der Waals surface area contributed by atoms with Crippen molar-refractivity contribution in [1.82, 2.24) is 10.2 Å². The number of halogens is 2. The van der Waals surface area contributed by atoms with E-state index in [4.69, 9.17) is 9.52 Å². The molecule has 100 valence electrons. The van der Waals surface area contributed by atoms with E-state index in [2.05, 4.69) is 26.1 Å². The van der Waals surface area contributed by atoms with Crippen LogP contribution in [0.1, 0.15) is 18.7 Å². The maximum atomic E-state index is 13.2. The van der Waals surface area contributed by atoms with Crippen LogP contribution in [0, 0.1) is 5.82 Å². The normalized spacial score (nSPS) is 10.6. The Balaban J connectivity index is 2.12. The average molecular weight is 329 g/mol. The molecule has 0 amide bonds. The van der Waals surface area contributed by atoms with Crippen LogP contribution in [0.5, 0.6) is 0 Å². The summed E-state index contributed by atoms with van der Waals surface area (Å²) in [7, 11) is 0. The first-order valence-electron chi connectivity index (χ1n) is 5.56. The molecule has 0 saturated heterocycles. The van der Waals surface area contributed by atoms with Gasteiger partial charge in [0, 0.05) is 17.3 Å². The van der Waals surface area contributed by atoms with E-state index in [9.17, 15) is 9.18 Å². The van der Waals surface area contributed by atoms with Gasteiger partial charge in [-0.25, -0.2) is 4.39 Å². The predicted molar refractivity (Wildman–Crippen MR) is 68.0 cm³/mol. The summed E-state index contributed by atoms with van der Waals surface area (Å²) in [6, 6.07) is 4.16. The lowest BCUT2D eigenvalue weighted by Crippen LogP contribution is -1.95. The summed E-state index contributed by atoms with van der Waals surface area (Å²) in [5.74, 6) is -0.722. The number of carboxylic acid groups (broad SMARTS) is 1. The molecule has 2 rings (SSSR count). The average Bonchev–Trinajstić information content (AvgIpc) is 2.80. The third kappa shape index (κ3) is 3.60. The Morgan fingerprint density at radius 2 is 2.21 bits per heavy atom. The Morgan fingerprint density at radius 3 is 2.95 bits per heavy atom. The van der Waals surface area contributed by atoms with Crippen LogP contribution < -0.4 is 0 Å². The van der Waals surface area contributed by atoms with E-state index >= 15 is 0 Å². The molecule has 1 aromatic heterocycles. The fourth-order valence-electron chi connectivity index (χ4n) is 1.52. The van der Waals surface area contributed by atoms with Gasteiger partial charge >= 0.3 is 5.97 Å². The van der Waals surface area contributed by atoms with E-state index in [0.29, 0.717) is 28.8 Å². The topological polar surface area (TPSA) is 76.2 Å². The van der Waals surface area contributed by atoms with Gasteiger partial charge in [0.15, 0.2) is 0 Å². The first kappa shape index (κ1) is 13.7. The van der Waals surface area contributed by atoms with Crippen LogP contribution in [0.4, 0.5) is 4.39 Å². The number of rotatable bonds is 5. The highest BCUT2D eigenvalue weighted by molar-refractivity contribution is 9.10. The molecule has 5 nitrogen and oxygen atoms in total. The molecule has 1 heterocycles. The fraction of sp³-hybridized carbons (Fsp3) is 0.250. The zero-order chi connectivity index (χ0) is 13.8. The molecule has 2 aromatic rings. The van der Waals surface area contributed by atoms with Crippen LogP contribution in [0.2, 0.25) is 0 Å². The Bertz CT molecular complexity index is 600. The molecule has 19 heavy (non-hydrogen) atoms. The second kappa shape index (κ2) is 5.92. The maximum Gasteiger partial charge on any atom is 0.303 e. The molecule has 1 N–H and O–H groups in total. The SMILES string of the molecule is O=C(O)CCCc1nnc(-c2cc(F)ccc2Br)o1. The van der Waals surface area contributed by atoms with Crippen LogP contribution in [0.3, 0.4) is 0 Å². The van der Waals surface area contributed by atoms with Crippen molar-refractivity contribution in [2.45, 2.75) is 19.3 Å². The van der Waals surface area contributed by atoms with Gasteiger partial charge in [0.2, 0.25) is 11.8 Å². The number of aromatic nitrogens is 2. The van der Waals surface area contributed by atoms with Gasteiger partial charge in [0.1, 0.15) is 5.82 Å². The summed E-state index contributed by atoms with van der Waals surface area (Å²) < 4.78 is 19.2. The Labute approximate surface area is 116 Å². The van der Waals surface area contributed by atoms with Gasteiger partial charge in [-0.3, -0.25) is 4.79 Å². The number of carbonyl (C=O) groups is 1. The van der Waals surface area contributed by atoms with Gasteiger partial charge in [-0.05, 0) is 40.5 Å². The van der Waals surface area contributed by atoms with E-state index in [0.717, 1.165) is 0 Å². The summed E-state index contributed by atoms with van der Waals surface area (Å²) in [5, 5.41) is 16.2. The molecular formula is C12H10BrFN2O3. The zero-order valence-electron chi connectivity index (χ0n) is 9.77. The van der Waals surface area contributed by atoms with Crippen molar-refractivity contribution in [3.05, 3.63) is 34.4 Å². The minimum absolute atomic E-state index is 0.0430. The van der Waals surface area contributed by atoms with Crippen molar-refractivity contribution < 1.29 is 18.7 Å². The van der Waals surface area contributed by atoms with E-state index in [1.165, 1.54) is 12.1 Å². The number of hydrogen-bond donors (Lipinski definition) is 1. The summed E-state index contributed by atoms with van der Waals surface area (Å²) in [4.78, 5) is 10.4. The van der Waals surface area contributed by atoms with Crippen LogP contribution in [0.15, 0.2) is 27.1 Å². The van der Waals surface area contributed by atoms with E-state index in [1.54, 1.807) is 6.07 Å². The van der Waals surface area contributed by atoms with Crippen molar-refractivity contribution in [1.29, 1.82) is 0 Å². The Morgan fingerprint density at radius 1 is 1.42 bits per heavy atom. The number of aliphatic carboxylic acids is 1. The highest BCUT2D eigenvalue weighted by Crippen LogP contribution is 2.28. The number of benzene rings is 1. The first-order valence-corrected chi connectivity index (χ1v) is 6.35. The lowest BCUT2D eigenvalue weighted by atomic mass is 10.2. The lowest BCUT2D eigenvalue weighted by molar-refractivity contribution is -0.137. The van der Waals surface area contributed by atoms with Crippen molar-refractivity contribution in [2.75, 3.05) is 0 Å². The molecule has 0 spiro atoms. The second-order valence-corrected chi connectivity index (χ2v) is 4.73. The summed E-state index contributed by atoms with van der Waals surface area (Å²) in [5.41, 5.74) is 0.469. The van der Waals surface area contributed by atoms with E-state index < -0.39 is 11.8 Å².